The Bertz CT molecular complexity index is 1340. The number of H-pyrrole nitrogens is 2. The molecule has 0 amide bonds. The van der Waals surface area contributed by atoms with Crippen LogP contribution >= 0.6 is 0 Å². The monoisotopic (exact) mass is 474 g/mol. The molecule has 2 aromatic carbocycles. The zero-order valence-electron chi connectivity index (χ0n) is 21.0. The average Bonchev–Trinajstić information content (AvgIpc) is 3.48. The lowest BCUT2D eigenvalue weighted by atomic mass is 9.97. The first-order chi connectivity index (χ1) is 16.8. The van der Waals surface area contributed by atoms with E-state index in [1.807, 2.05) is 69.5 Å². The summed E-state index contributed by atoms with van der Waals surface area (Å²) in [6, 6.07) is 11.9. The molecule has 5 N–H and O–H groups in total. The lowest BCUT2D eigenvalue weighted by molar-refractivity contribution is 0.0185. The number of benzene rings is 2. The molecule has 0 saturated carbocycles. The van der Waals surface area contributed by atoms with Gasteiger partial charge in [-0.05, 0) is 63.5 Å². The molecule has 2 heterocycles. The summed E-state index contributed by atoms with van der Waals surface area (Å²) >= 11 is 0. The number of fused-ring (bicyclic) bond motifs is 1. The summed E-state index contributed by atoms with van der Waals surface area (Å²) in [4.78, 5) is 14.8. The first-order valence-electron chi connectivity index (χ1n) is 11.6. The zero-order chi connectivity index (χ0) is 25.1. The molecular weight excluding hydrogens is 440 g/mol. The molecule has 35 heavy (non-hydrogen) atoms. The Balaban J connectivity index is 1.75. The lowest BCUT2D eigenvalue weighted by Crippen LogP contribution is -2.32. The van der Waals surface area contributed by atoms with Gasteiger partial charge in [-0.15, -0.1) is 0 Å². The van der Waals surface area contributed by atoms with Crippen molar-refractivity contribution in [2.24, 2.45) is 0 Å². The molecule has 8 nitrogen and oxygen atoms in total. The van der Waals surface area contributed by atoms with Crippen LogP contribution in [0.4, 0.5) is 5.82 Å². The van der Waals surface area contributed by atoms with E-state index in [9.17, 15) is 5.11 Å². The highest BCUT2D eigenvalue weighted by Crippen LogP contribution is 2.37. The van der Waals surface area contributed by atoms with Gasteiger partial charge in [0.25, 0.3) is 0 Å². The number of nitrogen functional groups attached to an aromatic ring is 1. The van der Waals surface area contributed by atoms with Crippen LogP contribution in [-0.4, -0.2) is 71.2 Å². The van der Waals surface area contributed by atoms with Crippen molar-refractivity contribution in [3.8, 4) is 16.9 Å². The van der Waals surface area contributed by atoms with Crippen LogP contribution in [0, 0.1) is 0 Å². The Morgan fingerprint density at radius 3 is 2.66 bits per heavy atom. The van der Waals surface area contributed by atoms with Crippen molar-refractivity contribution in [3.05, 3.63) is 65.6 Å². The fourth-order valence-corrected chi connectivity index (χ4v) is 4.22. The molecule has 0 bridgehead atoms. The molecule has 1 unspecified atom stereocenters. The van der Waals surface area contributed by atoms with Crippen LogP contribution in [0.5, 0.6) is 5.75 Å². The maximum absolute atomic E-state index is 11.2. The number of nitrogens with zero attached hydrogens (tertiary/aromatic N) is 3. The van der Waals surface area contributed by atoms with Gasteiger partial charge in [0.2, 0.25) is 0 Å². The van der Waals surface area contributed by atoms with Gasteiger partial charge in [0, 0.05) is 41.5 Å². The number of allylic oxidation sites excluding steroid dienone is 1. The number of likely N-dealkylation sites (N-methyl/N-ethyl adjacent to an activating group) is 2. The Hall–Kier alpha value is -3.59. The van der Waals surface area contributed by atoms with Gasteiger partial charge in [-0.2, -0.15) is 0 Å². The first-order valence-corrected chi connectivity index (χ1v) is 11.6. The molecule has 184 valence electrons. The zero-order valence-corrected chi connectivity index (χ0v) is 21.0. The summed E-state index contributed by atoms with van der Waals surface area (Å²) in [5.74, 6) is 1.36. The van der Waals surface area contributed by atoms with Gasteiger partial charge < -0.3 is 30.4 Å². The lowest BCUT2D eigenvalue weighted by Gasteiger charge is -2.25. The first kappa shape index (κ1) is 24.5. The summed E-state index contributed by atoms with van der Waals surface area (Å²) in [5.41, 5.74) is 13.5. The molecule has 0 aliphatic carbocycles. The van der Waals surface area contributed by atoms with Crippen LogP contribution in [0.1, 0.15) is 29.8 Å². The third-order valence-electron chi connectivity index (χ3n) is 6.31. The normalized spacial score (nSPS) is 13.2. The summed E-state index contributed by atoms with van der Waals surface area (Å²) in [5, 5.41) is 11.2. The SMILES string of the molecule is COc1ccccc1-c1c[nH]c(N)c1/C=C(\C)c1cc(C(O)N(C)CCN(C)C)c2nc[nH]c2c1. The predicted octanol–water partition coefficient (Wildman–Crippen LogP) is 4.19. The number of aromatic nitrogens is 3. The molecule has 2 aromatic heterocycles. The number of hydrogen-bond acceptors (Lipinski definition) is 6. The number of para-hydroxylation sites is 1. The summed E-state index contributed by atoms with van der Waals surface area (Å²) < 4.78 is 5.57. The highest BCUT2D eigenvalue weighted by molar-refractivity contribution is 5.93. The minimum absolute atomic E-state index is 0.580. The van der Waals surface area contributed by atoms with Gasteiger partial charge in [-0.1, -0.05) is 18.2 Å². The number of nitrogens with one attached hydrogen (secondary N) is 2. The molecule has 0 spiro atoms. The van der Waals surface area contributed by atoms with Crippen molar-refractivity contribution in [3.63, 3.8) is 0 Å². The van der Waals surface area contributed by atoms with Crippen molar-refractivity contribution in [2.45, 2.75) is 13.2 Å². The number of ether oxygens (including phenoxy) is 1. The van der Waals surface area contributed by atoms with Crippen LogP contribution in [0.3, 0.4) is 0 Å². The highest BCUT2D eigenvalue weighted by Gasteiger charge is 2.20. The van der Waals surface area contributed by atoms with Crippen molar-refractivity contribution in [2.75, 3.05) is 47.1 Å². The average molecular weight is 475 g/mol. The second kappa shape index (κ2) is 10.4. The van der Waals surface area contributed by atoms with Gasteiger partial charge in [0.1, 0.15) is 17.8 Å². The van der Waals surface area contributed by atoms with E-state index >= 15 is 0 Å². The Morgan fingerprint density at radius 2 is 1.91 bits per heavy atom. The molecule has 0 radical (unpaired) electrons. The van der Waals surface area contributed by atoms with Crippen LogP contribution in [0.15, 0.2) is 48.9 Å². The van der Waals surface area contributed by atoms with Gasteiger partial charge in [0.15, 0.2) is 0 Å². The summed E-state index contributed by atoms with van der Waals surface area (Å²) in [6.07, 6.45) is 4.85. The molecule has 1 atom stereocenters. The summed E-state index contributed by atoms with van der Waals surface area (Å²) in [7, 11) is 7.62. The number of aromatic amines is 2. The topological polar surface area (TPSA) is 106 Å². The smallest absolute Gasteiger partial charge is 0.135 e. The van der Waals surface area contributed by atoms with Crippen molar-refractivity contribution in [1.29, 1.82) is 0 Å². The van der Waals surface area contributed by atoms with E-state index in [4.69, 9.17) is 10.5 Å². The molecule has 0 aliphatic rings. The Labute approximate surface area is 206 Å². The van der Waals surface area contributed by atoms with Crippen molar-refractivity contribution < 1.29 is 9.84 Å². The van der Waals surface area contributed by atoms with E-state index in [-0.39, 0.29) is 0 Å². The number of aliphatic hydroxyl groups excluding tert-OH is 1. The second-order valence-electron chi connectivity index (χ2n) is 9.08. The van der Waals surface area contributed by atoms with Crippen LogP contribution in [0.25, 0.3) is 33.8 Å². The van der Waals surface area contributed by atoms with Gasteiger partial charge in [0.05, 0.1) is 24.5 Å². The van der Waals surface area contributed by atoms with E-state index in [0.29, 0.717) is 5.82 Å². The van der Waals surface area contributed by atoms with E-state index in [2.05, 4.69) is 32.0 Å². The maximum Gasteiger partial charge on any atom is 0.135 e. The molecule has 4 aromatic rings. The fraction of sp³-hybridized carbons (Fsp3) is 0.296. The number of nitrogens with two attached hydrogens (primary N) is 1. The molecule has 0 aliphatic heterocycles. The van der Waals surface area contributed by atoms with Crippen LogP contribution in [0.2, 0.25) is 0 Å². The number of methoxy groups -OCH3 is 1. The van der Waals surface area contributed by atoms with Gasteiger partial charge in [-0.3, -0.25) is 4.90 Å². The van der Waals surface area contributed by atoms with Gasteiger partial charge >= 0.3 is 0 Å². The Kier molecular flexibility index (Phi) is 7.25. The van der Waals surface area contributed by atoms with Crippen molar-refractivity contribution in [1.82, 2.24) is 24.8 Å². The minimum Gasteiger partial charge on any atom is -0.496 e. The third kappa shape index (κ3) is 5.09. The molecular formula is C27H34N6O2. The maximum atomic E-state index is 11.2. The number of imidazole rings is 1. The number of anilines is 1. The fourth-order valence-electron chi connectivity index (χ4n) is 4.22. The van der Waals surface area contributed by atoms with Crippen LogP contribution in [-0.2, 0) is 0 Å². The predicted molar refractivity (Wildman–Crippen MR) is 143 cm³/mol. The number of hydrogen-bond donors (Lipinski definition) is 4. The standard InChI is InChI=1S/C27H34N6O2/c1-17(12-20-22(15-29-26(20)28)19-8-6-7-9-24(19)35-5)18-13-21(25-23(14-18)30-16-31-25)27(34)33(4)11-10-32(2)3/h6-9,12-16,27,29,34H,10-11,28H2,1-5H3,(H,30,31)/b17-12+. The molecule has 8 heteroatoms. The highest BCUT2D eigenvalue weighted by atomic mass is 16.5. The third-order valence-corrected chi connectivity index (χ3v) is 6.31. The largest absolute Gasteiger partial charge is 0.496 e. The minimum atomic E-state index is -0.782. The molecule has 4 rings (SSSR count). The summed E-state index contributed by atoms with van der Waals surface area (Å²) in [6.45, 7) is 3.61. The quantitative estimate of drug-likeness (QED) is 0.271. The number of aliphatic hydroxyl groups is 1. The number of rotatable bonds is 9. The van der Waals surface area contributed by atoms with Crippen molar-refractivity contribution >= 4 is 28.5 Å². The van der Waals surface area contributed by atoms with E-state index in [1.165, 1.54) is 0 Å². The Morgan fingerprint density at radius 1 is 1.14 bits per heavy atom. The van der Waals surface area contributed by atoms with Crippen LogP contribution < -0.4 is 10.5 Å². The molecule has 0 fully saturated rings. The molecule has 0 saturated heterocycles. The van der Waals surface area contributed by atoms with E-state index in [0.717, 1.165) is 63.3 Å². The second-order valence-corrected chi connectivity index (χ2v) is 9.08. The van der Waals surface area contributed by atoms with Gasteiger partial charge in [-0.25, -0.2) is 4.98 Å². The van der Waals surface area contributed by atoms with E-state index in [1.54, 1.807) is 13.4 Å². The van der Waals surface area contributed by atoms with E-state index < -0.39 is 6.23 Å².